The number of carbonyl (C=O) groups is 1. The van der Waals surface area contributed by atoms with Crippen LogP contribution >= 0.6 is 11.3 Å². The van der Waals surface area contributed by atoms with Crippen LogP contribution in [0, 0.1) is 6.92 Å². The van der Waals surface area contributed by atoms with Gasteiger partial charge in [-0.3, -0.25) is 5.32 Å². The molecular formula is C17H21N3OS. The molecule has 2 N–H and O–H groups in total. The summed E-state index contributed by atoms with van der Waals surface area (Å²) < 4.78 is 0. The highest BCUT2D eigenvalue weighted by Crippen LogP contribution is 2.28. The van der Waals surface area contributed by atoms with E-state index < -0.39 is 0 Å². The Morgan fingerprint density at radius 2 is 1.86 bits per heavy atom. The number of aryl methyl sites for hydroxylation is 3. The van der Waals surface area contributed by atoms with Crippen molar-refractivity contribution in [2.45, 2.75) is 45.4 Å². The summed E-state index contributed by atoms with van der Waals surface area (Å²) in [7, 11) is 0. The van der Waals surface area contributed by atoms with E-state index in [-0.39, 0.29) is 6.03 Å². The zero-order chi connectivity index (χ0) is 15.4. The zero-order valence-corrected chi connectivity index (χ0v) is 13.6. The van der Waals surface area contributed by atoms with Crippen LogP contribution in [0.2, 0.25) is 0 Å². The van der Waals surface area contributed by atoms with Crippen LogP contribution in [0.5, 0.6) is 0 Å². The Morgan fingerprint density at radius 1 is 1.09 bits per heavy atom. The first-order valence-electron chi connectivity index (χ1n) is 7.84. The number of nitrogens with one attached hydrogen (secondary N) is 2. The first-order valence-corrected chi connectivity index (χ1v) is 8.66. The van der Waals surface area contributed by atoms with Crippen molar-refractivity contribution >= 4 is 28.2 Å². The largest absolute Gasteiger partial charge is 0.325 e. The second-order valence-corrected chi connectivity index (χ2v) is 6.78. The molecule has 0 spiro atoms. The zero-order valence-electron chi connectivity index (χ0n) is 12.8. The number of aromatic nitrogens is 1. The van der Waals surface area contributed by atoms with E-state index in [2.05, 4.69) is 15.6 Å². The Morgan fingerprint density at radius 3 is 2.68 bits per heavy atom. The number of nitrogens with zero attached hydrogens (tertiary/aromatic N) is 1. The molecule has 116 valence electrons. The molecule has 0 atom stereocenters. The molecule has 1 aromatic heterocycles. The molecule has 0 bridgehead atoms. The molecule has 4 nitrogen and oxygen atoms in total. The van der Waals surface area contributed by atoms with Gasteiger partial charge in [-0.1, -0.05) is 31.0 Å². The molecule has 0 aliphatic heterocycles. The predicted molar refractivity (Wildman–Crippen MR) is 91.8 cm³/mol. The number of carbonyl (C=O) groups excluding carboxylic acids is 1. The van der Waals surface area contributed by atoms with Crippen molar-refractivity contribution in [2.24, 2.45) is 0 Å². The van der Waals surface area contributed by atoms with Crippen molar-refractivity contribution < 1.29 is 4.79 Å². The normalized spacial score (nSPS) is 14.6. The number of anilines is 2. The number of rotatable bonds is 2. The van der Waals surface area contributed by atoms with Crippen molar-refractivity contribution in [1.82, 2.24) is 4.98 Å². The van der Waals surface area contributed by atoms with Crippen molar-refractivity contribution in [3.63, 3.8) is 0 Å². The third-order valence-corrected chi connectivity index (χ3v) is 5.03. The average Bonchev–Trinajstić information content (AvgIpc) is 2.82. The van der Waals surface area contributed by atoms with Gasteiger partial charge >= 0.3 is 6.03 Å². The van der Waals surface area contributed by atoms with Crippen molar-refractivity contribution in [3.05, 3.63) is 40.4 Å². The maximum absolute atomic E-state index is 12.1. The lowest BCUT2D eigenvalue weighted by atomic mass is 10.0. The van der Waals surface area contributed by atoms with Gasteiger partial charge in [0.1, 0.15) is 0 Å². The van der Waals surface area contributed by atoms with Gasteiger partial charge in [0.25, 0.3) is 0 Å². The smallest absolute Gasteiger partial charge is 0.307 e. The van der Waals surface area contributed by atoms with Crippen LogP contribution in [0.25, 0.3) is 0 Å². The van der Waals surface area contributed by atoms with E-state index in [1.807, 2.05) is 31.2 Å². The summed E-state index contributed by atoms with van der Waals surface area (Å²) in [5.74, 6) is 0. The molecule has 1 aromatic carbocycles. The van der Waals surface area contributed by atoms with E-state index >= 15 is 0 Å². The second kappa shape index (κ2) is 6.92. The van der Waals surface area contributed by atoms with Crippen LogP contribution in [0.3, 0.4) is 0 Å². The Labute approximate surface area is 135 Å². The van der Waals surface area contributed by atoms with Crippen LogP contribution in [0.1, 0.15) is 41.8 Å². The van der Waals surface area contributed by atoms with Gasteiger partial charge in [-0.2, -0.15) is 0 Å². The minimum atomic E-state index is -0.226. The molecule has 0 fully saturated rings. The minimum Gasteiger partial charge on any atom is -0.307 e. The number of hydrogen-bond acceptors (Lipinski definition) is 3. The highest BCUT2D eigenvalue weighted by atomic mass is 32.1. The molecule has 1 aliphatic carbocycles. The summed E-state index contributed by atoms with van der Waals surface area (Å²) in [5, 5.41) is 6.46. The monoisotopic (exact) mass is 315 g/mol. The number of fused-ring (bicyclic) bond motifs is 1. The standard InChI is InChI=1S/C17H21N3OS/c1-12-8-6-7-9-13(12)18-16(21)20-17-19-14-10-4-2-3-5-11-15(14)22-17/h6-9H,2-5,10-11H2,1H3,(H2,18,19,20,21). The van der Waals surface area contributed by atoms with Gasteiger partial charge in [0.05, 0.1) is 5.69 Å². The van der Waals surface area contributed by atoms with Crippen molar-refractivity contribution in [2.75, 3.05) is 10.6 Å². The number of benzene rings is 1. The van der Waals surface area contributed by atoms with Crippen LogP contribution in [0.4, 0.5) is 15.6 Å². The van der Waals surface area contributed by atoms with Gasteiger partial charge in [-0.15, -0.1) is 11.3 Å². The first kappa shape index (κ1) is 15.0. The lowest BCUT2D eigenvalue weighted by Crippen LogP contribution is -2.19. The van der Waals surface area contributed by atoms with E-state index in [1.165, 1.54) is 36.3 Å². The fraction of sp³-hybridized carbons (Fsp3) is 0.412. The van der Waals surface area contributed by atoms with Crippen LogP contribution in [0.15, 0.2) is 24.3 Å². The Balaban J connectivity index is 1.66. The number of thiazole rings is 1. The van der Waals surface area contributed by atoms with E-state index in [9.17, 15) is 4.79 Å². The van der Waals surface area contributed by atoms with Gasteiger partial charge in [0, 0.05) is 10.6 Å². The van der Waals surface area contributed by atoms with Gasteiger partial charge in [-0.25, -0.2) is 9.78 Å². The molecule has 2 aromatic rings. The van der Waals surface area contributed by atoms with E-state index in [1.54, 1.807) is 11.3 Å². The molecular weight excluding hydrogens is 294 g/mol. The maximum Gasteiger partial charge on any atom is 0.325 e. The quantitative estimate of drug-likeness (QED) is 0.840. The highest BCUT2D eigenvalue weighted by molar-refractivity contribution is 7.15. The van der Waals surface area contributed by atoms with Crippen LogP contribution in [-0.4, -0.2) is 11.0 Å². The predicted octanol–water partition coefficient (Wildman–Crippen LogP) is 4.75. The summed E-state index contributed by atoms with van der Waals surface area (Å²) in [6.45, 7) is 1.98. The summed E-state index contributed by atoms with van der Waals surface area (Å²) in [6.07, 6.45) is 7.14. The third kappa shape index (κ3) is 3.65. The first-order chi connectivity index (χ1) is 10.7. The molecule has 2 amide bonds. The van der Waals surface area contributed by atoms with E-state index in [4.69, 9.17) is 0 Å². The fourth-order valence-electron chi connectivity index (χ4n) is 2.72. The lowest BCUT2D eigenvalue weighted by molar-refractivity contribution is 0.262. The van der Waals surface area contributed by atoms with Gasteiger partial charge in [0.2, 0.25) is 0 Å². The Bertz CT molecular complexity index is 640. The highest BCUT2D eigenvalue weighted by Gasteiger charge is 2.15. The molecule has 3 rings (SSSR count). The van der Waals surface area contributed by atoms with Crippen molar-refractivity contribution in [1.29, 1.82) is 0 Å². The number of amides is 2. The van der Waals surface area contributed by atoms with Gasteiger partial charge in [0.15, 0.2) is 5.13 Å². The Kier molecular flexibility index (Phi) is 4.73. The number of para-hydroxylation sites is 1. The van der Waals surface area contributed by atoms with Crippen molar-refractivity contribution in [3.8, 4) is 0 Å². The maximum atomic E-state index is 12.1. The van der Waals surface area contributed by atoms with Gasteiger partial charge < -0.3 is 5.32 Å². The number of hydrogen-bond donors (Lipinski definition) is 2. The summed E-state index contributed by atoms with van der Waals surface area (Å²) in [5.41, 5.74) is 3.05. The second-order valence-electron chi connectivity index (χ2n) is 5.70. The topological polar surface area (TPSA) is 54.0 Å². The molecule has 1 heterocycles. The van der Waals surface area contributed by atoms with Crippen LogP contribution < -0.4 is 10.6 Å². The summed E-state index contributed by atoms with van der Waals surface area (Å²) in [6, 6.07) is 7.52. The van der Waals surface area contributed by atoms with Crippen LogP contribution in [-0.2, 0) is 12.8 Å². The SMILES string of the molecule is Cc1ccccc1NC(=O)Nc1nc2c(s1)CCCCCC2. The van der Waals surface area contributed by atoms with E-state index in [0.717, 1.165) is 24.1 Å². The van der Waals surface area contributed by atoms with E-state index in [0.29, 0.717) is 5.13 Å². The third-order valence-electron chi connectivity index (χ3n) is 3.96. The average molecular weight is 315 g/mol. The molecule has 22 heavy (non-hydrogen) atoms. The summed E-state index contributed by atoms with van der Waals surface area (Å²) >= 11 is 1.62. The molecule has 0 unspecified atom stereocenters. The molecule has 0 saturated carbocycles. The molecule has 0 saturated heterocycles. The summed E-state index contributed by atoms with van der Waals surface area (Å²) in [4.78, 5) is 18.1. The molecule has 5 heteroatoms. The van der Waals surface area contributed by atoms with Gasteiger partial charge in [-0.05, 0) is 44.2 Å². The minimum absolute atomic E-state index is 0.226. The number of urea groups is 1. The molecule has 1 aliphatic rings. The molecule has 0 radical (unpaired) electrons. The Hall–Kier alpha value is -1.88. The fourth-order valence-corrected chi connectivity index (χ4v) is 3.77. The lowest BCUT2D eigenvalue weighted by Gasteiger charge is -2.07.